The van der Waals surface area contributed by atoms with Gasteiger partial charge in [0.05, 0.1) is 6.42 Å². The van der Waals surface area contributed by atoms with Gasteiger partial charge in [0, 0.05) is 0 Å². The van der Waals surface area contributed by atoms with Crippen LogP contribution >= 0.6 is 0 Å². The molecular weight excluding hydrogens is 332 g/mol. The standard InChI is InChI=1S/C25H40O2/c1-2-3-4-5-6-7-8-9-10-11-12-13-14-15-16-20-23-25(26)27-24-21-18-17-19-22-24/h16-22H,2-15,23H2,1H3. The molecule has 1 aromatic rings. The Balaban J connectivity index is 1.82. The molecule has 0 bridgehead atoms. The number of hydrogen-bond acceptors (Lipinski definition) is 2. The van der Waals surface area contributed by atoms with E-state index in [4.69, 9.17) is 4.74 Å². The van der Waals surface area contributed by atoms with E-state index in [-0.39, 0.29) is 5.97 Å². The maximum absolute atomic E-state index is 11.7. The van der Waals surface area contributed by atoms with Crippen LogP contribution in [0.2, 0.25) is 0 Å². The molecule has 152 valence electrons. The van der Waals surface area contributed by atoms with Crippen molar-refractivity contribution >= 4 is 5.97 Å². The van der Waals surface area contributed by atoms with Gasteiger partial charge in [-0.25, -0.2) is 0 Å². The predicted molar refractivity (Wildman–Crippen MR) is 116 cm³/mol. The summed E-state index contributed by atoms with van der Waals surface area (Å²) in [6.45, 7) is 2.28. The summed E-state index contributed by atoms with van der Waals surface area (Å²) in [5.74, 6) is 0.426. The SMILES string of the molecule is CCCCCCCCCCCCCCCC=CCC(=O)Oc1ccccc1. The molecule has 0 saturated carbocycles. The second-order valence-corrected chi connectivity index (χ2v) is 7.49. The molecule has 0 aliphatic rings. The molecule has 0 heterocycles. The van der Waals surface area contributed by atoms with Crippen LogP contribution in [0.15, 0.2) is 42.5 Å². The molecule has 27 heavy (non-hydrogen) atoms. The van der Waals surface area contributed by atoms with Crippen molar-refractivity contribution in [2.45, 2.75) is 103 Å². The second kappa shape index (κ2) is 17.8. The van der Waals surface area contributed by atoms with Crippen molar-refractivity contribution in [3.05, 3.63) is 42.5 Å². The van der Waals surface area contributed by atoms with Crippen molar-refractivity contribution in [2.75, 3.05) is 0 Å². The number of allylic oxidation sites excluding steroid dienone is 1. The lowest BCUT2D eigenvalue weighted by atomic mass is 10.0. The molecule has 0 N–H and O–H groups in total. The minimum atomic E-state index is -0.192. The number of ether oxygens (including phenoxy) is 1. The molecule has 0 aliphatic carbocycles. The van der Waals surface area contributed by atoms with Gasteiger partial charge in [0.25, 0.3) is 0 Å². The molecule has 1 rings (SSSR count). The quantitative estimate of drug-likeness (QED) is 0.120. The number of para-hydroxylation sites is 1. The summed E-state index contributed by atoms with van der Waals surface area (Å²) in [7, 11) is 0. The van der Waals surface area contributed by atoms with E-state index in [0.29, 0.717) is 12.2 Å². The van der Waals surface area contributed by atoms with Crippen molar-refractivity contribution in [1.82, 2.24) is 0 Å². The van der Waals surface area contributed by atoms with Crippen molar-refractivity contribution in [2.24, 2.45) is 0 Å². The Morgan fingerprint density at radius 3 is 1.81 bits per heavy atom. The van der Waals surface area contributed by atoms with Crippen LogP contribution in [0.1, 0.15) is 103 Å². The first-order valence-electron chi connectivity index (χ1n) is 11.2. The van der Waals surface area contributed by atoms with Gasteiger partial charge in [0.15, 0.2) is 0 Å². The van der Waals surface area contributed by atoms with Crippen LogP contribution in [-0.4, -0.2) is 5.97 Å². The van der Waals surface area contributed by atoms with Crippen LogP contribution in [0, 0.1) is 0 Å². The molecule has 0 amide bonds. The summed E-state index contributed by atoms with van der Waals surface area (Å²) >= 11 is 0. The molecule has 0 atom stereocenters. The fourth-order valence-electron chi connectivity index (χ4n) is 3.24. The van der Waals surface area contributed by atoms with E-state index in [9.17, 15) is 4.79 Å². The van der Waals surface area contributed by atoms with E-state index in [1.807, 2.05) is 24.3 Å². The van der Waals surface area contributed by atoms with Crippen LogP contribution in [0.5, 0.6) is 5.75 Å². The number of carbonyl (C=O) groups is 1. The number of rotatable bonds is 17. The van der Waals surface area contributed by atoms with Gasteiger partial charge in [-0.05, 0) is 25.0 Å². The molecule has 0 fully saturated rings. The van der Waals surface area contributed by atoms with Crippen molar-refractivity contribution in [3.8, 4) is 5.75 Å². The van der Waals surface area contributed by atoms with Crippen LogP contribution < -0.4 is 4.74 Å². The second-order valence-electron chi connectivity index (χ2n) is 7.49. The third-order valence-electron chi connectivity index (χ3n) is 4.90. The number of hydrogen-bond donors (Lipinski definition) is 0. The highest BCUT2D eigenvalue weighted by atomic mass is 16.5. The van der Waals surface area contributed by atoms with E-state index < -0.39 is 0 Å². The highest BCUT2D eigenvalue weighted by Gasteiger charge is 2.00. The van der Waals surface area contributed by atoms with E-state index in [2.05, 4.69) is 13.0 Å². The zero-order valence-electron chi connectivity index (χ0n) is 17.5. The maximum Gasteiger partial charge on any atom is 0.315 e. The Bertz CT molecular complexity index is 478. The molecule has 0 radical (unpaired) electrons. The minimum absolute atomic E-state index is 0.192. The van der Waals surface area contributed by atoms with Crippen LogP contribution in [0.3, 0.4) is 0 Å². The molecule has 0 aliphatic heterocycles. The largest absolute Gasteiger partial charge is 0.426 e. The Kier molecular flexibility index (Phi) is 15.5. The lowest BCUT2D eigenvalue weighted by molar-refractivity contribution is -0.133. The van der Waals surface area contributed by atoms with Crippen LogP contribution in [0.4, 0.5) is 0 Å². The third kappa shape index (κ3) is 15.2. The first-order valence-corrected chi connectivity index (χ1v) is 11.2. The molecule has 0 aromatic heterocycles. The van der Waals surface area contributed by atoms with E-state index in [1.54, 1.807) is 12.1 Å². The van der Waals surface area contributed by atoms with E-state index in [1.165, 1.54) is 83.5 Å². The third-order valence-corrected chi connectivity index (χ3v) is 4.90. The maximum atomic E-state index is 11.7. The predicted octanol–water partition coefficient (Wildman–Crippen LogP) is 8.02. The topological polar surface area (TPSA) is 26.3 Å². The summed E-state index contributed by atoms with van der Waals surface area (Å²) < 4.78 is 5.25. The van der Waals surface area contributed by atoms with Crippen LogP contribution in [0.25, 0.3) is 0 Å². The lowest BCUT2D eigenvalue weighted by Gasteiger charge is -2.02. The Morgan fingerprint density at radius 2 is 1.26 bits per heavy atom. The number of benzene rings is 1. The molecular formula is C25H40O2. The van der Waals surface area contributed by atoms with Gasteiger partial charge in [-0.1, -0.05) is 114 Å². The Hall–Kier alpha value is -1.57. The Labute approximate surface area is 167 Å². The van der Waals surface area contributed by atoms with Gasteiger partial charge in [-0.2, -0.15) is 0 Å². The van der Waals surface area contributed by atoms with Gasteiger partial charge in [-0.3, -0.25) is 4.79 Å². The number of esters is 1. The van der Waals surface area contributed by atoms with E-state index in [0.717, 1.165) is 6.42 Å². The molecule has 0 spiro atoms. The van der Waals surface area contributed by atoms with Crippen molar-refractivity contribution < 1.29 is 9.53 Å². The van der Waals surface area contributed by atoms with Gasteiger partial charge in [0.1, 0.15) is 5.75 Å². The summed E-state index contributed by atoms with van der Waals surface area (Å²) in [5, 5.41) is 0. The van der Waals surface area contributed by atoms with Gasteiger partial charge >= 0.3 is 5.97 Å². The highest BCUT2D eigenvalue weighted by Crippen LogP contribution is 2.13. The Morgan fingerprint density at radius 1 is 0.741 bits per heavy atom. The number of carbonyl (C=O) groups excluding carboxylic acids is 1. The van der Waals surface area contributed by atoms with Crippen LogP contribution in [-0.2, 0) is 4.79 Å². The molecule has 2 nitrogen and oxygen atoms in total. The average molecular weight is 373 g/mol. The summed E-state index contributed by atoms with van der Waals surface area (Å²) in [5.41, 5.74) is 0. The number of unbranched alkanes of at least 4 members (excludes halogenated alkanes) is 13. The summed E-state index contributed by atoms with van der Waals surface area (Å²) in [6, 6.07) is 9.25. The van der Waals surface area contributed by atoms with Gasteiger partial charge < -0.3 is 4.74 Å². The normalized spacial score (nSPS) is 11.1. The zero-order chi connectivity index (χ0) is 19.4. The first kappa shape index (κ1) is 23.5. The monoisotopic (exact) mass is 372 g/mol. The van der Waals surface area contributed by atoms with Crippen molar-refractivity contribution in [1.29, 1.82) is 0 Å². The fourth-order valence-corrected chi connectivity index (χ4v) is 3.24. The molecule has 2 heteroatoms. The fraction of sp³-hybridized carbons (Fsp3) is 0.640. The summed E-state index contributed by atoms with van der Waals surface area (Å²) in [6.07, 6.45) is 23.4. The smallest absolute Gasteiger partial charge is 0.315 e. The molecule has 0 unspecified atom stereocenters. The molecule has 0 saturated heterocycles. The van der Waals surface area contributed by atoms with Crippen molar-refractivity contribution in [3.63, 3.8) is 0 Å². The lowest BCUT2D eigenvalue weighted by Crippen LogP contribution is -2.05. The van der Waals surface area contributed by atoms with Gasteiger partial charge in [-0.15, -0.1) is 0 Å². The average Bonchev–Trinajstić information content (AvgIpc) is 2.68. The first-order chi connectivity index (χ1) is 13.3. The minimum Gasteiger partial charge on any atom is -0.426 e. The van der Waals surface area contributed by atoms with Gasteiger partial charge in [0.2, 0.25) is 0 Å². The summed E-state index contributed by atoms with van der Waals surface area (Å²) in [4.78, 5) is 11.7. The molecule has 1 aromatic carbocycles. The highest BCUT2D eigenvalue weighted by molar-refractivity contribution is 5.73. The van der Waals surface area contributed by atoms with E-state index >= 15 is 0 Å². The zero-order valence-corrected chi connectivity index (χ0v) is 17.5.